The molecule has 2 aliphatic rings. The van der Waals surface area contributed by atoms with Crippen molar-refractivity contribution < 1.29 is 19.7 Å². The van der Waals surface area contributed by atoms with Crippen LogP contribution in [0.1, 0.15) is 57.6 Å². The highest BCUT2D eigenvalue weighted by Gasteiger charge is 2.49. The van der Waals surface area contributed by atoms with Gasteiger partial charge >= 0.3 is 0 Å². The fraction of sp³-hybridized carbons (Fsp3) is 0.632. The summed E-state index contributed by atoms with van der Waals surface area (Å²) in [6, 6.07) is 5.12. The number of likely N-dealkylation sites (tertiary alicyclic amines) is 1. The van der Waals surface area contributed by atoms with Gasteiger partial charge in [0.2, 0.25) is 5.91 Å². The first-order valence-corrected chi connectivity index (χ1v) is 8.91. The lowest BCUT2D eigenvalue weighted by Gasteiger charge is -2.52. The van der Waals surface area contributed by atoms with Gasteiger partial charge in [-0.3, -0.25) is 4.79 Å². The van der Waals surface area contributed by atoms with Crippen LogP contribution in [-0.2, 0) is 4.79 Å². The molecular formula is C19H27NO4. The highest BCUT2D eigenvalue weighted by molar-refractivity contribution is 5.74. The second kappa shape index (κ2) is 6.63. The molecule has 1 heterocycles. The van der Waals surface area contributed by atoms with Crippen molar-refractivity contribution in [3.63, 3.8) is 0 Å². The summed E-state index contributed by atoms with van der Waals surface area (Å²) in [5.41, 5.74) is 0.231. The van der Waals surface area contributed by atoms with Gasteiger partial charge in [0, 0.05) is 19.4 Å². The molecule has 0 spiro atoms. The topological polar surface area (TPSA) is 70.0 Å². The molecule has 5 nitrogen and oxygen atoms in total. The SMILES string of the molecule is CCOc1cc([C@@H]2[C@@H]3CCCC[C@@]3(O)CCN2C(C)=O)ccc1O. The quantitative estimate of drug-likeness (QED) is 0.892. The Morgan fingerprint density at radius 3 is 2.88 bits per heavy atom. The van der Waals surface area contributed by atoms with Gasteiger partial charge in [0.15, 0.2) is 11.5 Å². The number of amides is 1. The van der Waals surface area contributed by atoms with Crippen LogP contribution in [0.2, 0.25) is 0 Å². The molecule has 1 amide bonds. The van der Waals surface area contributed by atoms with E-state index in [1.165, 1.54) is 0 Å². The smallest absolute Gasteiger partial charge is 0.219 e. The van der Waals surface area contributed by atoms with E-state index in [4.69, 9.17) is 4.74 Å². The van der Waals surface area contributed by atoms with E-state index in [1.54, 1.807) is 13.0 Å². The molecule has 1 saturated carbocycles. The summed E-state index contributed by atoms with van der Waals surface area (Å²) in [4.78, 5) is 14.1. The minimum atomic E-state index is -0.696. The zero-order valence-electron chi connectivity index (χ0n) is 14.5. The number of phenolic OH excluding ortho intramolecular Hbond substituents is 1. The van der Waals surface area contributed by atoms with Crippen molar-refractivity contribution in [2.24, 2.45) is 5.92 Å². The molecule has 132 valence electrons. The first kappa shape index (κ1) is 17.1. The Bertz CT molecular complexity index is 617. The molecule has 1 saturated heterocycles. The average molecular weight is 333 g/mol. The van der Waals surface area contributed by atoms with E-state index in [1.807, 2.05) is 24.0 Å². The van der Waals surface area contributed by atoms with Gasteiger partial charge in [0.25, 0.3) is 0 Å². The fourth-order valence-corrected chi connectivity index (χ4v) is 4.43. The zero-order valence-corrected chi connectivity index (χ0v) is 14.5. The molecule has 0 radical (unpaired) electrons. The number of hydrogen-bond acceptors (Lipinski definition) is 4. The summed E-state index contributed by atoms with van der Waals surface area (Å²) in [5.74, 6) is 0.592. The van der Waals surface area contributed by atoms with E-state index in [0.29, 0.717) is 25.3 Å². The van der Waals surface area contributed by atoms with Crippen LogP contribution < -0.4 is 4.74 Å². The van der Waals surface area contributed by atoms with Gasteiger partial charge in [-0.05, 0) is 43.9 Å². The van der Waals surface area contributed by atoms with Crippen molar-refractivity contribution in [2.75, 3.05) is 13.2 Å². The van der Waals surface area contributed by atoms with Crippen molar-refractivity contribution in [3.8, 4) is 11.5 Å². The monoisotopic (exact) mass is 333 g/mol. The number of aliphatic hydroxyl groups is 1. The second-order valence-corrected chi connectivity index (χ2v) is 7.02. The molecule has 1 aromatic carbocycles. The fourth-order valence-electron chi connectivity index (χ4n) is 4.43. The number of fused-ring (bicyclic) bond motifs is 1. The maximum Gasteiger partial charge on any atom is 0.219 e. The molecular weight excluding hydrogens is 306 g/mol. The Labute approximate surface area is 143 Å². The third-order valence-corrected chi connectivity index (χ3v) is 5.60. The number of hydrogen-bond donors (Lipinski definition) is 2. The Balaban J connectivity index is 2.02. The van der Waals surface area contributed by atoms with Crippen LogP contribution in [0.3, 0.4) is 0 Å². The first-order valence-electron chi connectivity index (χ1n) is 8.91. The molecule has 0 unspecified atom stereocenters. The van der Waals surface area contributed by atoms with Gasteiger partial charge in [-0.25, -0.2) is 0 Å². The second-order valence-electron chi connectivity index (χ2n) is 7.02. The van der Waals surface area contributed by atoms with E-state index in [2.05, 4.69) is 0 Å². The first-order chi connectivity index (χ1) is 11.5. The van der Waals surface area contributed by atoms with Crippen molar-refractivity contribution in [1.82, 2.24) is 4.90 Å². The number of carbonyl (C=O) groups excluding carboxylic acids is 1. The average Bonchev–Trinajstić information content (AvgIpc) is 2.55. The van der Waals surface area contributed by atoms with Gasteiger partial charge in [0.1, 0.15) is 0 Å². The Morgan fingerprint density at radius 2 is 2.17 bits per heavy atom. The molecule has 0 bridgehead atoms. The third kappa shape index (κ3) is 2.97. The molecule has 3 atom stereocenters. The number of phenols is 1. The summed E-state index contributed by atoms with van der Waals surface area (Å²) in [7, 11) is 0. The summed E-state index contributed by atoms with van der Waals surface area (Å²) in [5, 5.41) is 21.1. The van der Waals surface area contributed by atoms with E-state index in [-0.39, 0.29) is 23.6 Å². The van der Waals surface area contributed by atoms with E-state index in [0.717, 1.165) is 31.2 Å². The Morgan fingerprint density at radius 1 is 1.38 bits per heavy atom. The highest BCUT2D eigenvalue weighted by Crippen LogP contribution is 2.50. The van der Waals surface area contributed by atoms with E-state index in [9.17, 15) is 15.0 Å². The number of nitrogens with zero attached hydrogens (tertiary/aromatic N) is 1. The van der Waals surface area contributed by atoms with Gasteiger partial charge < -0.3 is 19.8 Å². The summed E-state index contributed by atoms with van der Waals surface area (Å²) < 4.78 is 5.51. The Hall–Kier alpha value is -1.75. The largest absolute Gasteiger partial charge is 0.504 e. The number of piperidine rings is 1. The third-order valence-electron chi connectivity index (χ3n) is 5.60. The summed E-state index contributed by atoms with van der Waals surface area (Å²) in [6.07, 6.45) is 4.47. The lowest BCUT2D eigenvalue weighted by molar-refractivity contribution is -0.153. The van der Waals surface area contributed by atoms with E-state index >= 15 is 0 Å². The number of carbonyl (C=O) groups is 1. The predicted octanol–water partition coefficient (Wildman–Crippen LogP) is 3.01. The lowest BCUT2D eigenvalue weighted by Crippen LogP contribution is -2.55. The van der Waals surface area contributed by atoms with E-state index < -0.39 is 5.60 Å². The normalized spacial score (nSPS) is 29.9. The maximum atomic E-state index is 12.2. The van der Waals surface area contributed by atoms with Crippen molar-refractivity contribution in [3.05, 3.63) is 23.8 Å². The van der Waals surface area contributed by atoms with Crippen molar-refractivity contribution >= 4 is 5.91 Å². The van der Waals surface area contributed by atoms with Crippen LogP contribution in [-0.4, -0.2) is 39.8 Å². The van der Waals surface area contributed by atoms with Crippen molar-refractivity contribution in [1.29, 1.82) is 0 Å². The molecule has 2 fully saturated rings. The summed E-state index contributed by atoms with van der Waals surface area (Å²) in [6.45, 7) is 4.49. The maximum absolute atomic E-state index is 12.2. The molecule has 5 heteroatoms. The van der Waals surface area contributed by atoms with Gasteiger partial charge in [0.05, 0.1) is 18.2 Å². The lowest BCUT2D eigenvalue weighted by atomic mass is 9.66. The minimum Gasteiger partial charge on any atom is -0.504 e. The minimum absolute atomic E-state index is 0.0265. The molecule has 2 N–H and O–H groups in total. The number of benzene rings is 1. The molecule has 0 aromatic heterocycles. The molecule has 3 rings (SSSR count). The Kier molecular flexibility index (Phi) is 4.72. The van der Waals surface area contributed by atoms with Crippen LogP contribution in [0.25, 0.3) is 0 Å². The van der Waals surface area contributed by atoms with Crippen molar-refractivity contribution in [2.45, 2.75) is 57.6 Å². The van der Waals surface area contributed by atoms with Crippen LogP contribution in [0.5, 0.6) is 11.5 Å². The van der Waals surface area contributed by atoms with Gasteiger partial charge in [-0.15, -0.1) is 0 Å². The molecule has 24 heavy (non-hydrogen) atoms. The highest BCUT2D eigenvalue weighted by atomic mass is 16.5. The van der Waals surface area contributed by atoms with Crippen LogP contribution in [0.4, 0.5) is 0 Å². The zero-order chi connectivity index (χ0) is 17.3. The number of rotatable bonds is 3. The van der Waals surface area contributed by atoms with Crippen LogP contribution >= 0.6 is 0 Å². The van der Waals surface area contributed by atoms with Crippen LogP contribution in [0, 0.1) is 5.92 Å². The molecule has 1 aliphatic heterocycles. The predicted molar refractivity (Wildman–Crippen MR) is 90.9 cm³/mol. The molecule has 1 aliphatic carbocycles. The standard InChI is InChI=1S/C19H27NO4/c1-3-24-17-12-14(7-8-16(17)22)18-15-6-4-5-9-19(15,23)10-11-20(18)13(2)21/h7-8,12,15,18,22-23H,3-6,9-11H2,1-2H3/t15-,18+,19+/m0/s1. The number of ether oxygens (including phenoxy) is 1. The number of aromatic hydroxyl groups is 1. The van der Waals surface area contributed by atoms with Crippen LogP contribution in [0.15, 0.2) is 18.2 Å². The molecule has 1 aromatic rings. The summed E-state index contributed by atoms with van der Waals surface area (Å²) >= 11 is 0. The van der Waals surface area contributed by atoms with Gasteiger partial charge in [-0.2, -0.15) is 0 Å². The van der Waals surface area contributed by atoms with Gasteiger partial charge in [-0.1, -0.05) is 18.9 Å².